The second kappa shape index (κ2) is 8.69. The summed E-state index contributed by atoms with van der Waals surface area (Å²) < 4.78 is 5.69. The molecule has 0 aliphatic heterocycles. The molecule has 0 saturated heterocycles. The number of rotatable bonds is 5. The smallest absolute Gasteiger partial charge is 0.213 e. The van der Waals surface area contributed by atoms with Gasteiger partial charge in [0.25, 0.3) is 0 Å². The van der Waals surface area contributed by atoms with Crippen molar-refractivity contribution in [3.63, 3.8) is 0 Å². The summed E-state index contributed by atoms with van der Waals surface area (Å²) in [6.45, 7) is 0.920. The van der Waals surface area contributed by atoms with E-state index in [-0.39, 0.29) is 12.4 Å². The minimum Gasteiger partial charge on any atom is -0.473 e. The van der Waals surface area contributed by atoms with Gasteiger partial charge in [-0.25, -0.2) is 4.98 Å². The number of nitrogens with zero attached hydrogens (tertiary/aromatic N) is 1. The molecule has 0 fully saturated rings. The van der Waals surface area contributed by atoms with E-state index in [1.807, 2.05) is 60.7 Å². The van der Waals surface area contributed by atoms with Gasteiger partial charge in [0.1, 0.15) is 6.61 Å². The fourth-order valence-electron chi connectivity index (χ4n) is 2.28. The summed E-state index contributed by atoms with van der Waals surface area (Å²) in [5, 5.41) is 0.687. The summed E-state index contributed by atoms with van der Waals surface area (Å²) in [5.41, 5.74) is 9.78. The zero-order valence-electron chi connectivity index (χ0n) is 13.0. The Balaban J connectivity index is 0.00000208. The van der Waals surface area contributed by atoms with Gasteiger partial charge in [-0.15, -0.1) is 12.4 Å². The van der Waals surface area contributed by atoms with Gasteiger partial charge in [-0.3, -0.25) is 0 Å². The van der Waals surface area contributed by atoms with Gasteiger partial charge in [-0.2, -0.15) is 0 Å². The molecule has 0 unspecified atom stereocenters. The first-order chi connectivity index (χ1) is 11.3. The lowest BCUT2D eigenvalue weighted by Crippen LogP contribution is -1.98. The van der Waals surface area contributed by atoms with Crippen LogP contribution in [0, 0.1) is 0 Å². The van der Waals surface area contributed by atoms with Gasteiger partial charge < -0.3 is 10.5 Å². The summed E-state index contributed by atoms with van der Waals surface area (Å²) in [6, 6.07) is 19.7. The highest BCUT2D eigenvalue weighted by Gasteiger charge is 2.04. The fraction of sp³-hybridized carbons (Fsp3) is 0.105. The average molecular weight is 361 g/mol. The normalized spacial score (nSPS) is 10.1. The molecule has 2 aromatic carbocycles. The van der Waals surface area contributed by atoms with Crippen molar-refractivity contribution in [3.05, 3.63) is 83.0 Å². The van der Waals surface area contributed by atoms with Crippen molar-refractivity contribution >= 4 is 24.0 Å². The zero-order chi connectivity index (χ0) is 16.1. The molecular formula is C19H18Cl2N2O. The molecule has 3 rings (SSSR count). The molecule has 0 aliphatic carbocycles. The molecule has 5 heteroatoms. The molecule has 1 aromatic heterocycles. The van der Waals surface area contributed by atoms with Gasteiger partial charge in [0.15, 0.2) is 0 Å². The van der Waals surface area contributed by atoms with E-state index in [2.05, 4.69) is 4.98 Å². The molecule has 0 saturated carbocycles. The van der Waals surface area contributed by atoms with Crippen LogP contribution in [0.15, 0.2) is 66.9 Å². The maximum Gasteiger partial charge on any atom is 0.213 e. The third-order valence-corrected chi connectivity index (χ3v) is 3.93. The molecule has 124 valence electrons. The second-order valence-electron chi connectivity index (χ2n) is 5.17. The lowest BCUT2D eigenvalue weighted by atomic mass is 10.0. The van der Waals surface area contributed by atoms with Gasteiger partial charge in [0.2, 0.25) is 5.88 Å². The highest BCUT2D eigenvalue weighted by atomic mass is 35.5. The molecule has 3 aromatic rings. The van der Waals surface area contributed by atoms with Crippen LogP contribution in [0.3, 0.4) is 0 Å². The van der Waals surface area contributed by atoms with Crippen LogP contribution < -0.4 is 10.5 Å². The Morgan fingerprint density at radius 3 is 2.38 bits per heavy atom. The minimum atomic E-state index is 0. The molecule has 0 aliphatic rings. The summed E-state index contributed by atoms with van der Waals surface area (Å²) in [6.07, 6.45) is 1.80. The van der Waals surface area contributed by atoms with Crippen LogP contribution in [0.1, 0.15) is 11.1 Å². The SMILES string of the molecule is Cl.NCc1cc(-c2ccc(OCc3ccccc3)nc2)ccc1Cl. The van der Waals surface area contributed by atoms with Gasteiger partial charge in [-0.1, -0.05) is 48.0 Å². The van der Waals surface area contributed by atoms with Crippen molar-refractivity contribution in [2.24, 2.45) is 5.73 Å². The molecule has 0 amide bonds. The molecule has 1 heterocycles. The Morgan fingerprint density at radius 1 is 0.958 bits per heavy atom. The van der Waals surface area contributed by atoms with Crippen LogP contribution in [0.25, 0.3) is 11.1 Å². The molecular weight excluding hydrogens is 343 g/mol. The van der Waals surface area contributed by atoms with Crippen LogP contribution in [-0.4, -0.2) is 4.98 Å². The number of hydrogen-bond acceptors (Lipinski definition) is 3. The van der Waals surface area contributed by atoms with Gasteiger partial charge in [0, 0.05) is 29.4 Å². The molecule has 0 atom stereocenters. The maximum absolute atomic E-state index is 6.09. The van der Waals surface area contributed by atoms with Crippen LogP contribution in [0.2, 0.25) is 5.02 Å². The number of pyridine rings is 1. The van der Waals surface area contributed by atoms with E-state index in [1.165, 1.54) is 0 Å². The quantitative estimate of drug-likeness (QED) is 0.706. The van der Waals surface area contributed by atoms with E-state index < -0.39 is 0 Å². The van der Waals surface area contributed by atoms with Gasteiger partial charge >= 0.3 is 0 Å². The Hall–Kier alpha value is -2.07. The van der Waals surface area contributed by atoms with Crippen molar-refractivity contribution < 1.29 is 4.74 Å². The average Bonchev–Trinajstić information content (AvgIpc) is 2.62. The minimum absolute atomic E-state index is 0. The lowest BCUT2D eigenvalue weighted by Gasteiger charge is -2.08. The van der Waals surface area contributed by atoms with Crippen molar-refractivity contribution in [1.29, 1.82) is 0 Å². The Labute approximate surface area is 152 Å². The fourth-order valence-corrected chi connectivity index (χ4v) is 2.47. The van der Waals surface area contributed by atoms with E-state index >= 15 is 0 Å². The highest BCUT2D eigenvalue weighted by molar-refractivity contribution is 6.31. The first-order valence-corrected chi connectivity index (χ1v) is 7.75. The molecule has 2 N–H and O–H groups in total. The van der Waals surface area contributed by atoms with Gasteiger partial charge in [-0.05, 0) is 34.9 Å². The molecule has 0 spiro atoms. The molecule has 24 heavy (non-hydrogen) atoms. The number of ether oxygens (including phenoxy) is 1. The van der Waals surface area contributed by atoms with E-state index in [0.29, 0.717) is 24.1 Å². The Bertz CT molecular complexity index is 777. The van der Waals surface area contributed by atoms with Crippen molar-refractivity contribution in [2.75, 3.05) is 0 Å². The van der Waals surface area contributed by atoms with E-state index in [1.54, 1.807) is 6.20 Å². The summed E-state index contributed by atoms with van der Waals surface area (Å²) in [5.74, 6) is 0.602. The number of hydrogen-bond donors (Lipinski definition) is 1. The van der Waals surface area contributed by atoms with E-state index in [0.717, 1.165) is 22.3 Å². The third-order valence-electron chi connectivity index (χ3n) is 3.56. The first kappa shape index (κ1) is 18.3. The summed E-state index contributed by atoms with van der Waals surface area (Å²) in [4.78, 5) is 4.36. The number of aromatic nitrogens is 1. The van der Waals surface area contributed by atoms with Crippen molar-refractivity contribution in [1.82, 2.24) is 4.98 Å². The maximum atomic E-state index is 6.09. The predicted molar refractivity (Wildman–Crippen MR) is 101 cm³/mol. The molecule has 3 nitrogen and oxygen atoms in total. The highest BCUT2D eigenvalue weighted by Crippen LogP contribution is 2.25. The predicted octanol–water partition coefficient (Wildman–Crippen LogP) is 4.86. The second-order valence-corrected chi connectivity index (χ2v) is 5.58. The molecule has 0 bridgehead atoms. The molecule has 0 radical (unpaired) electrons. The zero-order valence-corrected chi connectivity index (χ0v) is 14.6. The van der Waals surface area contributed by atoms with Crippen LogP contribution >= 0.6 is 24.0 Å². The van der Waals surface area contributed by atoms with Crippen LogP contribution in [0.4, 0.5) is 0 Å². The summed E-state index contributed by atoms with van der Waals surface area (Å²) >= 11 is 6.09. The van der Waals surface area contributed by atoms with Gasteiger partial charge in [0.05, 0.1) is 0 Å². The largest absolute Gasteiger partial charge is 0.473 e. The number of nitrogens with two attached hydrogens (primary N) is 1. The monoisotopic (exact) mass is 360 g/mol. The van der Waals surface area contributed by atoms with Crippen molar-refractivity contribution in [2.45, 2.75) is 13.2 Å². The van der Waals surface area contributed by atoms with Crippen LogP contribution in [0.5, 0.6) is 5.88 Å². The van der Waals surface area contributed by atoms with Crippen LogP contribution in [-0.2, 0) is 13.2 Å². The number of benzene rings is 2. The Morgan fingerprint density at radius 2 is 1.71 bits per heavy atom. The Kier molecular flexibility index (Phi) is 6.62. The van der Waals surface area contributed by atoms with E-state index in [9.17, 15) is 0 Å². The van der Waals surface area contributed by atoms with E-state index in [4.69, 9.17) is 22.1 Å². The first-order valence-electron chi connectivity index (χ1n) is 7.38. The summed E-state index contributed by atoms with van der Waals surface area (Å²) in [7, 11) is 0. The van der Waals surface area contributed by atoms with Crippen molar-refractivity contribution in [3.8, 4) is 17.0 Å². The third kappa shape index (κ3) is 4.48. The topological polar surface area (TPSA) is 48.1 Å². The standard InChI is InChI=1S/C19H17ClN2O.ClH/c20-18-8-6-15(10-17(18)11-21)16-7-9-19(22-12-16)23-13-14-4-2-1-3-5-14;/h1-10,12H,11,13,21H2;1H. The number of halogens is 2. The lowest BCUT2D eigenvalue weighted by molar-refractivity contribution is 0.294.